The summed E-state index contributed by atoms with van der Waals surface area (Å²) in [4.78, 5) is 26.2. The third kappa shape index (κ3) is 3.87. The molecule has 0 aliphatic carbocycles. The van der Waals surface area contributed by atoms with Crippen molar-refractivity contribution in [2.75, 3.05) is 10.8 Å². The van der Waals surface area contributed by atoms with Crippen molar-refractivity contribution in [1.29, 1.82) is 0 Å². The molecule has 5 nitrogen and oxygen atoms in total. The lowest BCUT2D eigenvalue weighted by atomic mass is 10.0. The van der Waals surface area contributed by atoms with Gasteiger partial charge in [0.25, 0.3) is 5.91 Å². The van der Waals surface area contributed by atoms with Crippen molar-refractivity contribution in [2.24, 2.45) is 5.10 Å². The van der Waals surface area contributed by atoms with Gasteiger partial charge < -0.3 is 5.32 Å². The molecule has 2 aromatic rings. The van der Waals surface area contributed by atoms with E-state index in [0.29, 0.717) is 22.8 Å². The van der Waals surface area contributed by atoms with Crippen molar-refractivity contribution >= 4 is 46.6 Å². The zero-order valence-electron chi connectivity index (χ0n) is 14.5. The van der Waals surface area contributed by atoms with Crippen LogP contribution in [-0.4, -0.2) is 23.3 Å². The van der Waals surface area contributed by atoms with E-state index in [1.165, 1.54) is 5.01 Å². The Labute approximate surface area is 166 Å². The van der Waals surface area contributed by atoms with Gasteiger partial charge in [-0.2, -0.15) is 5.10 Å². The first-order valence-corrected chi connectivity index (χ1v) is 10.2. The van der Waals surface area contributed by atoms with Crippen LogP contribution in [0, 0.1) is 0 Å². The van der Waals surface area contributed by atoms with Gasteiger partial charge >= 0.3 is 0 Å². The number of carbonyl (C=O) groups excluding carboxylic acids is 2. The van der Waals surface area contributed by atoms with E-state index >= 15 is 0 Å². The second-order valence-corrected chi connectivity index (χ2v) is 8.01. The zero-order chi connectivity index (χ0) is 18.8. The molecular formula is C20H18ClN3O2S. The van der Waals surface area contributed by atoms with Crippen LogP contribution in [0.4, 0.5) is 5.69 Å². The highest BCUT2D eigenvalue weighted by Gasteiger charge is 2.28. The summed E-state index contributed by atoms with van der Waals surface area (Å²) in [6.45, 7) is 0. The summed E-state index contributed by atoms with van der Waals surface area (Å²) in [5.41, 5.74) is 2.08. The van der Waals surface area contributed by atoms with E-state index in [9.17, 15) is 9.59 Å². The Hall–Kier alpha value is -2.31. The number of benzene rings is 2. The van der Waals surface area contributed by atoms with Crippen LogP contribution < -0.4 is 10.3 Å². The molecule has 2 aliphatic heterocycles. The molecule has 2 amide bonds. The smallest absolute Gasteiger partial charge is 0.267 e. The number of fused-ring (bicyclic) bond motifs is 1. The minimum atomic E-state index is -0.230. The molecule has 2 aromatic carbocycles. The molecule has 0 saturated carbocycles. The van der Waals surface area contributed by atoms with Gasteiger partial charge in [-0.05, 0) is 42.3 Å². The predicted octanol–water partition coefficient (Wildman–Crippen LogP) is 4.18. The number of hydrogen-bond donors (Lipinski definition) is 1. The summed E-state index contributed by atoms with van der Waals surface area (Å²) >= 11 is 7.91. The maximum atomic E-state index is 12.8. The van der Waals surface area contributed by atoms with Gasteiger partial charge in [-0.25, -0.2) is 5.01 Å². The van der Waals surface area contributed by atoms with E-state index in [4.69, 9.17) is 11.6 Å². The van der Waals surface area contributed by atoms with Crippen molar-refractivity contribution in [1.82, 2.24) is 5.32 Å². The topological polar surface area (TPSA) is 61.8 Å². The van der Waals surface area contributed by atoms with Gasteiger partial charge in [-0.1, -0.05) is 29.8 Å². The maximum Gasteiger partial charge on any atom is 0.267 e. The van der Waals surface area contributed by atoms with Gasteiger partial charge in [-0.15, -0.1) is 11.8 Å². The Morgan fingerprint density at radius 2 is 2.00 bits per heavy atom. The highest BCUT2D eigenvalue weighted by Crippen LogP contribution is 2.37. The molecule has 7 heteroatoms. The first-order valence-electron chi connectivity index (χ1n) is 8.80. The summed E-state index contributed by atoms with van der Waals surface area (Å²) in [5, 5.41) is 9.39. The number of anilines is 1. The van der Waals surface area contributed by atoms with Crippen molar-refractivity contribution < 1.29 is 9.59 Å². The summed E-state index contributed by atoms with van der Waals surface area (Å²) in [7, 11) is 0. The van der Waals surface area contributed by atoms with Crippen LogP contribution in [0.25, 0.3) is 0 Å². The average Bonchev–Trinajstić information content (AvgIpc) is 2.69. The monoisotopic (exact) mass is 399 g/mol. The number of nitrogens with one attached hydrogen (secondary N) is 1. The Kier molecular flexibility index (Phi) is 5.18. The second kappa shape index (κ2) is 7.74. The van der Waals surface area contributed by atoms with Crippen molar-refractivity contribution in [3.63, 3.8) is 0 Å². The number of thioether (sulfide) groups is 1. The van der Waals surface area contributed by atoms with Crippen molar-refractivity contribution in [2.45, 2.75) is 30.2 Å². The Morgan fingerprint density at radius 3 is 2.81 bits per heavy atom. The largest absolute Gasteiger partial charge is 0.344 e. The third-order valence-corrected chi connectivity index (χ3v) is 5.97. The second-order valence-electron chi connectivity index (χ2n) is 6.43. The van der Waals surface area contributed by atoms with Crippen LogP contribution in [0.15, 0.2) is 58.5 Å². The summed E-state index contributed by atoms with van der Waals surface area (Å²) < 4.78 is 0. The molecule has 2 heterocycles. The lowest BCUT2D eigenvalue weighted by molar-refractivity contribution is -0.119. The Morgan fingerprint density at radius 1 is 1.19 bits per heavy atom. The van der Waals surface area contributed by atoms with E-state index in [-0.39, 0.29) is 24.3 Å². The lowest BCUT2D eigenvalue weighted by Crippen LogP contribution is -2.41. The third-order valence-electron chi connectivity index (χ3n) is 4.61. The molecule has 27 heavy (non-hydrogen) atoms. The van der Waals surface area contributed by atoms with Crippen LogP contribution in [-0.2, 0) is 9.59 Å². The molecule has 1 atom stereocenters. The molecule has 0 aromatic heterocycles. The molecule has 0 bridgehead atoms. The molecule has 0 spiro atoms. The number of para-hydroxylation sites is 1. The van der Waals surface area contributed by atoms with E-state index in [2.05, 4.69) is 10.4 Å². The van der Waals surface area contributed by atoms with Crippen LogP contribution in [0.5, 0.6) is 0 Å². The molecule has 2 aliphatic rings. The minimum Gasteiger partial charge on any atom is -0.344 e. The molecular weight excluding hydrogens is 382 g/mol. The molecule has 1 N–H and O–H groups in total. The van der Waals surface area contributed by atoms with E-state index in [1.54, 1.807) is 23.9 Å². The number of rotatable bonds is 3. The lowest BCUT2D eigenvalue weighted by Gasteiger charge is -2.28. The van der Waals surface area contributed by atoms with Crippen molar-refractivity contribution in [3.05, 3.63) is 59.1 Å². The summed E-state index contributed by atoms with van der Waals surface area (Å²) in [5.74, 6) is 0.593. The minimum absolute atomic E-state index is 0.0991. The zero-order valence-corrected chi connectivity index (χ0v) is 16.1. The fraction of sp³-hybridized carbons (Fsp3) is 0.250. The molecule has 4 rings (SSSR count). The van der Waals surface area contributed by atoms with Crippen LogP contribution >= 0.6 is 23.4 Å². The highest BCUT2D eigenvalue weighted by atomic mass is 35.5. The number of nitrogens with zero attached hydrogens (tertiary/aromatic N) is 2. The van der Waals surface area contributed by atoms with Crippen LogP contribution in [0.3, 0.4) is 0 Å². The van der Waals surface area contributed by atoms with Gasteiger partial charge in [0.15, 0.2) is 0 Å². The number of halogens is 1. The SMILES string of the molecule is O=C(NC1CCSc2ccc(Cl)cc21)C1=NN(c2ccccc2)C(=O)CC1. The van der Waals surface area contributed by atoms with E-state index < -0.39 is 0 Å². The first kappa shape index (κ1) is 18.1. The van der Waals surface area contributed by atoms with Gasteiger partial charge in [0, 0.05) is 28.5 Å². The summed E-state index contributed by atoms with van der Waals surface area (Å²) in [6, 6.07) is 14.8. The van der Waals surface area contributed by atoms with E-state index in [0.717, 1.165) is 22.6 Å². The fourth-order valence-electron chi connectivity index (χ4n) is 3.24. The predicted molar refractivity (Wildman–Crippen MR) is 108 cm³/mol. The molecule has 0 fully saturated rings. The standard InChI is InChI=1S/C20H18ClN3O2S/c21-13-6-8-18-15(12-13)16(10-11-27-18)22-20(26)17-7-9-19(25)24(23-17)14-4-2-1-3-5-14/h1-6,8,12,16H,7,9-11H2,(H,22,26). The van der Waals surface area contributed by atoms with Crippen molar-refractivity contribution in [3.8, 4) is 0 Å². The number of hydrazone groups is 1. The highest BCUT2D eigenvalue weighted by molar-refractivity contribution is 7.99. The molecule has 138 valence electrons. The Balaban J connectivity index is 1.55. The average molecular weight is 400 g/mol. The van der Waals surface area contributed by atoms with Gasteiger partial charge in [0.05, 0.1) is 11.7 Å². The molecule has 0 radical (unpaired) electrons. The van der Waals surface area contributed by atoms with Crippen LogP contribution in [0.1, 0.15) is 30.9 Å². The first-order chi connectivity index (χ1) is 13.1. The number of carbonyl (C=O) groups is 2. The number of hydrogen-bond acceptors (Lipinski definition) is 4. The number of amides is 2. The Bertz CT molecular complexity index is 917. The van der Waals surface area contributed by atoms with E-state index in [1.807, 2.05) is 36.4 Å². The van der Waals surface area contributed by atoms with Gasteiger partial charge in [-0.3, -0.25) is 9.59 Å². The summed E-state index contributed by atoms with van der Waals surface area (Å²) in [6.07, 6.45) is 1.44. The maximum absolute atomic E-state index is 12.8. The fourth-order valence-corrected chi connectivity index (χ4v) is 4.53. The van der Waals surface area contributed by atoms with Gasteiger partial charge in [0.1, 0.15) is 5.71 Å². The quantitative estimate of drug-likeness (QED) is 0.842. The normalized spacial score (nSPS) is 19.3. The molecule has 1 unspecified atom stereocenters. The van der Waals surface area contributed by atoms with Crippen LogP contribution in [0.2, 0.25) is 5.02 Å². The molecule has 0 saturated heterocycles. The van der Waals surface area contributed by atoms with Gasteiger partial charge in [0.2, 0.25) is 5.91 Å².